The van der Waals surface area contributed by atoms with Crippen LogP contribution in [-0.4, -0.2) is 40.9 Å². The average molecular weight is 310 g/mol. The van der Waals surface area contributed by atoms with Crippen molar-refractivity contribution in [2.24, 2.45) is 5.41 Å². The van der Waals surface area contributed by atoms with Crippen LogP contribution in [0.2, 0.25) is 0 Å². The van der Waals surface area contributed by atoms with Crippen LogP contribution < -0.4 is 0 Å². The van der Waals surface area contributed by atoms with E-state index in [0.29, 0.717) is 0 Å². The largest absolute Gasteiger partial charge is 0.462 e. The van der Waals surface area contributed by atoms with Crippen LogP contribution in [0.3, 0.4) is 0 Å². The summed E-state index contributed by atoms with van der Waals surface area (Å²) in [6.45, 7) is 6.17. The second kappa shape index (κ2) is 4.90. The Morgan fingerprint density at radius 1 is 1.11 bits per heavy atom. The normalized spacial score (nSPS) is 22.1. The molecular formula is C11H18O6S2. The van der Waals surface area contributed by atoms with Gasteiger partial charge in [0.05, 0.1) is 23.0 Å². The lowest BCUT2D eigenvalue weighted by Crippen LogP contribution is -2.36. The molecule has 0 atom stereocenters. The molecule has 0 N–H and O–H groups in total. The summed E-state index contributed by atoms with van der Waals surface area (Å²) in [6, 6.07) is 0. The highest BCUT2D eigenvalue weighted by atomic mass is 32.2. The lowest BCUT2D eigenvalue weighted by Gasteiger charge is -2.28. The molecule has 1 aliphatic heterocycles. The fourth-order valence-electron chi connectivity index (χ4n) is 1.93. The molecule has 6 nitrogen and oxygen atoms in total. The first-order chi connectivity index (χ1) is 8.43. The van der Waals surface area contributed by atoms with Gasteiger partial charge in [-0.15, -0.1) is 0 Å². The van der Waals surface area contributed by atoms with E-state index in [1.165, 1.54) is 6.92 Å². The molecule has 0 bridgehead atoms. The fourth-order valence-corrected chi connectivity index (χ4v) is 7.06. The summed E-state index contributed by atoms with van der Waals surface area (Å²) in [6.07, 6.45) is 0. The SMILES string of the molecule is CCOC(=O)C1=C(C(C)(C)C)S(=O)(=O)CCS1(=O)=O. The quantitative estimate of drug-likeness (QED) is 0.695. The van der Waals surface area contributed by atoms with Crippen LogP contribution >= 0.6 is 0 Å². The number of hydrogen-bond donors (Lipinski definition) is 0. The lowest BCUT2D eigenvalue weighted by atomic mass is 9.95. The molecule has 110 valence electrons. The van der Waals surface area contributed by atoms with Gasteiger partial charge in [0, 0.05) is 0 Å². The molecular weight excluding hydrogens is 292 g/mol. The van der Waals surface area contributed by atoms with Gasteiger partial charge in [-0.1, -0.05) is 20.8 Å². The molecule has 0 saturated heterocycles. The van der Waals surface area contributed by atoms with Gasteiger partial charge in [-0.2, -0.15) is 0 Å². The second-order valence-corrected chi connectivity index (χ2v) is 9.36. The van der Waals surface area contributed by atoms with E-state index in [9.17, 15) is 21.6 Å². The first kappa shape index (κ1) is 16.2. The van der Waals surface area contributed by atoms with Crippen molar-refractivity contribution < 1.29 is 26.4 Å². The van der Waals surface area contributed by atoms with Crippen molar-refractivity contribution in [1.82, 2.24) is 0 Å². The van der Waals surface area contributed by atoms with Crippen molar-refractivity contribution in [3.05, 3.63) is 9.81 Å². The van der Waals surface area contributed by atoms with Gasteiger partial charge in [-0.3, -0.25) is 0 Å². The van der Waals surface area contributed by atoms with E-state index in [-0.39, 0.29) is 11.5 Å². The molecule has 1 heterocycles. The third-order valence-corrected chi connectivity index (χ3v) is 6.89. The molecule has 19 heavy (non-hydrogen) atoms. The Balaban J connectivity index is 3.74. The minimum absolute atomic E-state index is 0.0185. The van der Waals surface area contributed by atoms with Crippen LogP contribution in [0, 0.1) is 5.41 Å². The summed E-state index contributed by atoms with van der Waals surface area (Å²) in [7, 11) is -7.69. The molecule has 8 heteroatoms. The summed E-state index contributed by atoms with van der Waals surface area (Å²) < 4.78 is 52.9. The molecule has 0 amide bonds. The van der Waals surface area contributed by atoms with E-state index in [4.69, 9.17) is 4.74 Å². The summed E-state index contributed by atoms with van der Waals surface area (Å²) in [5.41, 5.74) is -0.978. The molecule has 0 spiro atoms. The van der Waals surface area contributed by atoms with Crippen molar-refractivity contribution in [2.75, 3.05) is 18.1 Å². The number of ether oxygens (including phenoxy) is 1. The Bertz CT molecular complexity index is 617. The second-order valence-electron chi connectivity index (χ2n) is 5.27. The highest BCUT2D eigenvalue weighted by molar-refractivity contribution is 8.02. The topological polar surface area (TPSA) is 94.6 Å². The van der Waals surface area contributed by atoms with Gasteiger partial charge >= 0.3 is 5.97 Å². The number of hydrogen-bond acceptors (Lipinski definition) is 6. The predicted molar refractivity (Wildman–Crippen MR) is 70.7 cm³/mol. The monoisotopic (exact) mass is 310 g/mol. The van der Waals surface area contributed by atoms with Crippen LogP contribution in [-0.2, 0) is 29.2 Å². The van der Waals surface area contributed by atoms with Crippen LogP contribution in [0.5, 0.6) is 0 Å². The number of esters is 1. The zero-order chi connectivity index (χ0) is 15.1. The molecule has 0 aromatic carbocycles. The minimum atomic E-state index is -3.92. The van der Waals surface area contributed by atoms with Gasteiger partial charge in [-0.05, 0) is 12.3 Å². The Morgan fingerprint density at radius 2 is 1.58 bits per heavy atom. The Hall–Kier alpha value is -0.890. The zero-order valence-electron chi connectivity index (χ0n) is 11.4. The smallest absolute Gasteiger partial charge is 0.350 e. The van der Waals surface area contributed by atoms with E-state index in [0.717, 1.165) is 0 Å². The first-order valence-electron chi connectivity index (χ1n) is 5.81. The van der Waals surface area contributed by atoms with Crippen molar-refractivity contribution in [1.29, 1.82) is 0 Å². The fraction of sp³-hybridized carbons (Fsp3) is 0.727. The maximum Gasteiger partial charge on any atom is 0.350 e. The van der Waals surface area contributed by atoms with Gasteiger partial charge in [0.1, 0.15) is 0 Å². The number of rotatable bonds is 2. The Labute approximate surface area is 113 Å². The highest BCUT2D eigenvalue weighted by Crippen LogP contribution is 2.38. The van der Waals surface area contributed by atoms with E-state index >= 15 is 0 Å². The van der Waals surface area contributed by atoms with Crippen molar-refractivity contribution >= 4 is 25.6 Å². The molecule has 1 aliphatic rings. The maximum absolute atomic E-state index is 12.1. The van der Waals surface area contributed by atoms with Crippen LogP contribution in [0.1, 0.15) is 27.7 Å². The van der Waals surface area contributed by atoms with Crippen LogP contribution in [0.4, 0.5) is 0 Å². The van der Waals surface area contributed by atoms with E-state index < -0.39 is 47.5 Å². The zero-order valence-corrected chi connectivity index (χ0v) is 13.0. The summed E-state index contributed by atoms with van der Waals surface area (Å²) in [5.74, 6) is -2.16. The Kier molecular flexibility index (Phi) is 4.17. The van der Waals surface area contributed by atoms with Crippen molar-refractivity contribution in [3.63, 3.8) is 0 Å². The summed E-state index contributed by atoms with van der Waals surface area (Å²) in [4.78, 5) is 10.8. The van der Waals surface area contributed by atoms with Gasteiger partial charge in [0.25, 0.3) is 0 Å². The van der Waals surface area contributed by atoms with Gasteiger partial charge < -0.3 is 4.74 Å². The Morgan fingerprint density at radius 3 is 2.00 bits per heavy atom. The molecule has 0 unspecified atom stereocenters. The first-order valence-corrected chi connectivity index (χ1v) is 9.11. The van der Waals surface area contributed by atoms with E-state index in [2.05, 4.69) is 0 Å². The third-order valence-electron chi connectivity index (χ3n) is 2.59. The average Bonchev–Trinajstić information content (AvgIpc) is 2.20. The maximum atomic E-state index is 12.1. The van der Waals surface area contributed by atoms with E-state index in [1.807, 2.05) is 0 Å². The molecule has 0 saturated carbocycles. The van der Waals surface area contributed by atoms with Crippen molar-refractivity contribution in [3.8, 4) is 0 Å². The highest BCUT2D eigenvalue weighted by Gasteiger charge is 2.45. The number of allylic oxidation sites excluding steroid dienone is 1. The molecule has 0 fully saturated rings. The van der Waals surface area contributed by atoms with Crippen LogP contribution in [0.25, 0.3) is 0 Å². The van der Waals surface area contributed by atoms with E-state index in [1.54, 1.807) is 20.8 Å². The number of carbonyl (C=O) groups excluding carboxylic acids is 1. The molecule has 0 aliphatic carbocycles. The molecule has 0 aromatic heterocycles. The third kappa shape index (κ3) is 3.17. The van der Waals surface area contributed by atoms with Gasteiger partial charge in [0.15, 0.2) is 24.6 Å². The van der Waals surface area contributed by atoms with Crippen LogP contribution in [0.15, 0.2) is 9.81 Å². The van der Waals surface area contributed by atoms with Gasteiger partial charge in [0.2, 0.25) is 0 Å². The number of carbonyl (C=O) groups is 1. The molecule has 0 radical (unpaired) electrons. The van der Waals surface area contributed by atoms with Gasteiger partial charge in [-0.25, -0.2) is 21.6 Å². The summed E-state index contributed by atoms with van der Waals surface area (Å²) in [5, 5.41) is 0. The predicted octanol–water partition coefficient (Wildman–Crippen LogP) is 0.650. The number of sulfone groups is 2. The molecule has 1 rings (SSSR count). The summed E-state index contributed by atoms with van der Waals surface area (Å²) >= 11 is 0. The molecule has 0 aromatic rings. The lowest BCUT2D eigenvalue weighted by molar-refractivity contribution is -0.137. The van der Waals surface area contributed by atoms with Crippen molar-refractivity contribution in [2.45, 2.75) is 27.7 Å². The minimum Gasteiger partial charge on any atom is -0.462 e. The standard InChI is InChI=1S/C11H18O6S2/c1-5-17-10(12)8-9(11(2,3)4)19(15,16)7-6-18(8,13)14/h5-7H2,1-4H3.